The summed E-state index contributed by atoms with van der Waals surface area (Å²) in [5.74, 6) is 0.167. The third-order valence-electron chi connectivity index (χ3n) is 5.01. The van der Waals surface area contributed by atoms with E-state index in [4.69, 9.17) is 11.6 Å². The molecule has 1 aliphatic heterocycles. The van der Waals surface area contributed by atoms with Gasteiger partial charge >= 0.3 is 0 Å². The number of halogens is 2. The van der Waals surface area contributed by atoms with E-state index in [1.165, 1.54) is 12.4 Å². The molecule has 0 spiro atoms. The fraction of sp³-hybridized carbons (Fsp3) is 0.0435. The van der Waals surface area contributed by atoms with Crippen molar-refractivity contribution in [1.82, 2.24) is 14.8 Å². The van der Waals surface area contributed by atoms with Crippen LogP contribution in [0.25, 0.3) is 16.8 Å². The maximum absolute atomic E-state index is 14.6. The minimum absolute atomic E-state index is 0.355. The van der Waals surface area contributed by atoms with Gasteiger partial charge in [-0.25, -0.2) is 9.07 Å². The van der Waals surface area contributed by atoms with Gasteiger partial charge in [0.1, 0.15) is 18.2 Å². The maximum Gasteiger partial charge on any atom is 0.226 e. The zero-order valence-corrected chi connectivity index (χ0v) is 16.0. The van der Waals surface area contributed by atoms with Crippen LogP contribution in [0.15, 0.2) is 85.2 Å². The molecule has 5 rings (SSSR count). The van der Waals surface area contributed by atoms with Gasteiger partial charge in [0.05, 0.1) is 0 Å². The Hall–Kier alpha value is -3.44. The predicted molar refractivity (Wildman–Crippen MR) is 113 cm³/mol. The summed E-state index contributed by atoms with van der Waals surface area (Å²) in [5, 5.41) is 7.88. The molecule has 0 saturated carbocycles. The standard InChI is InChI=1S/C23H16ClFN4/c24-18-7-4-8-19(25)22(18)21-13-20(28-23-26-14-27-29(21)23)17-11-9-16(10-12-17)15-5-2-1-3-6-15/h1-14,21H,(H,26,27,28)/t21-/m1/s1. The summed E-state index contributed by atoms with van der Waals surface area (Å²) in [4.78, 5) is 4.27. The van der Waals surface area contributed by atoms with Crippen molar-refractivity contribution in [2.75, 3.05) is 5.32 Å². The van der Waals surface area contributed by atoms with Crippen LogP contribution in [0.1, 0.15) is 17.2 Å². The number of rotatable bonds is 3. The van der Waals surface area contributed by atoms with Crippen LogP contribution in [-0.4, -0.2) is 14.8 Å². The molecule has 0 bridgehead atoms. The normalized spacial score (nSPS) is 15.4. The van der Waals surface area contributed by atoms with Crippen LogP contribution in [0.2, 0.25) is 5.02 Å². The summed E-state index contributed by atoms with van der Waals surface area (Å²) in [6.45, 7) is 0. The van der Waals surface area contributed by atoms with Crippen molar-refractivity contribution in [2.24, 2.45) is 0 Å². The first-order valence-electron chi connectivity index (χ1n) is 9.19. The number of fused-ring (bicyclic) bond motifs is 1. The number of benzene rings is 3. The lowest BCUT2D eigenvalue weighted by molar-refractivity contribution is 0.551. The number of nitrogens with zero attached hydrogens (tertiary/aromatic N) is 3. The Morgan fingerprint density at radius 1 is 0.862 bits per heavy atom. The van der Waals surface area contributed by atoms with Crippen LogP contribution in [0, 0.1) is 5.82 Å². The van der Waals surface area contributed by atoms with Crippen LogP contribution in [-0.2, 0) is 0 Å². The summed E-state index contributed by atoms with van der Waals surface area (Å²) in [6.07, 6.45) is 3.36. The van der Waals surface area contributed by atoms with Crippen LogP contribution in [0.5, 0.6) is 0 Å². The van der Waals surface area contributed by atoms with Crippen molar-refractivity contribution < 1.29 is 4.39 Å². The first-order chi connectivity index (χ1) is 14.2. The molecule has 4 aromatic rings. The van der Waals surface area contributed by atoms with Crippen molar-refractivity contribution >= 4 is 23.2 Å². The zero-order chi connectivity index (χ0) is 19.8. The molecule has 142 valence electrons. The van der Waals surface area contributed by atoms with E-state index in [0.29, 0.717) is 16.5 Å². The van der Waals surface area contributed by atoms with Crippen LogP contribution in [0.4, 0.5) is 10.3 Å². The third-order valence-corrected chi connectivity index (χ3v) is 5.34. The molecule has 6 heteroatoms. The minimum Gasteiger partial charge on any atom is -0.324 e. The third kappa shape index (κ3) is 3.19. The van der Waals surface area contributed by atoms with Crippen LogP contribution < -0.4 is 5.32 Å². The van der Waals surface area contributed by atoms with E-state index in [0.717, 1.165) is 22.4 Å². The summed E-state index contributed by atoms with van der Waals surface area (Å²) in [5.41, 5.74) is 4.45. The van der Waals surface area contributed by atoms with Gasteiger partial charge in [-0.2, -0.15) is 10.1 Å². The molecule has 0 radical (unpaired) electrons. The van der Waals surface area contributed by atoms with Crippen molar-refractivity contribution in [1.29, 1.82) is 0 Å². The molecule has 1 aromatic heterocycles. The average molecular weight is 403 g/mol. The number of hydrogen-bond acceptors (Lipinski definition) is 3. The fourth-order valence-corrected chi connectivity index (χ4v) is 3.85. The molecule has 1 aliphatic rings. The maximum atomic E-state index is 14.6. The van der Waals surface area contributed by atoms with Crippen LogP contribution >= 0.6 is 11.6 Å². The highest BCUT2D eigenvalue weighted by atomic mass is 35.5. The predicted octanol–water partition coefficient (Wildman–Crippen LogP) is 5.79. The molecule has 1 N–H and O–H groups in total. The highest BCUT2D eigenvalue weighted by Gasteiger charge is 2.27. The molecule has 0 fully saturated rings. The number of anilines is 1. The fourth-order valence-electron chi connectivity index (χ4n) is 3.57. The van der Waals surface area contributed by atoms with Crippen molar-refractivity contribution in [3.05, 3.63) is 107 Å². The van der Waals surface area contributed by atoms with Gasteiger partial charge in [0.2, 0.25) is 5.95 Å². The SMILES string of the molecule is Fc1cccc(Cl)c1[C@H]1C=C(c2ccc(-c3ccccc3)cc2)Nc2ncnn21. The molecular weight excluding hydrogens is 387 g/mol. The highest BCUT2D eigenvalue weighted by Crippen LogP contribution is 2.36. The minimum atomic E-state index is -0.494. The Kier molecular flexibility index (Phi) is 4.37. The Bertz CT molecular complexity index is 1180. The second-order valence-electron chi connectivity index (χ2n) is 6.76. The van der Waals surface area contributed by atoms with Crippen molar-refractivity contribution in [2.45, 2.75) is 6.04 Å². The summed E-state index contributed by atoms with van der Waals surface area (Å²) >= 11 is 6.33. The van der Waals surface area contributed by atoms with E-state index in [-0.39, 0.29) is 5.82 Å². The molecular formula is C23H16ClFN4. The van der Waals surface area contributed by atoms with E-state index in [1.807, 2.05) is 36.4 Å². The van der Waals surface area contributed by atoms with Crippen molar-refractivity contribution in [3.8, 4) is 11.1 Å². The first-order valence-corrected chi connectivity index (χ1v) is 9.56. The Morgan fingerprint density at radius 2 is 1.59 bits per heavy atom. The lowest BCUT2D eigenvalue weighted by atomic mass is 9.99. The van der Waals surface area contributed by atoms with Gasteiger partial charge in [-0.3, -0.25) is 0 Å². The lowest BCUT2D eigenvalue weighted by Crippen LogP contribution is -2.21. The van der Waals surface area contributed by atoms with Gasteiger partial charge in [0.25, 0.3) is 0 Å². The second-order valence-corrected chi connectivity index (χ2v) is 7.16. The van der Waals surface area contributed by atoms with E-state index in [9.17, 15) is 4.39 Å². The van der Waals surface area contributed by atoms with Crippen molar-refractivity contribution in [3.63, 3.8) is 0 Å². The molecule has 2 heterocycles. The summed E-state index contributed by atoms with van der Waals surface area (Å²) in [6, 6.07) is 22.6. The zero-order valence-electron chi connectivity index (χ0n) is 15.3. The van der Waals surface area contributed by atoms with Gasteiger partial charge in [0.15, 0.2) is 0 Å². The van der Waals surface area contributed by atoms with E-state index < -0.39 is 6.04 Å². The van der Waals surface area contributed by atoms with E-state index in [1.54, 1.807) is 16.8 Å². The smallest absolute Gasteiger partial charge is 0.226 e. The average Bonchev–Trinajstić information content (AvgIpc) is 3.23. The summed E-state index contributed by atoms with van der Waals surface area (Å²) in [7, 11) is 0. The van der Waals surface area contributed by atoms with E-state index >= 15 is 0 Å². The Balaban J connectivity index is 1.56. The van der Waals surface area contributed by atoms with Gasteiger partial charge in [-0.05, 0) is 34.9 Å². The number of allylic oxidation sites excluding steroid dienone is 1. The Labute approximate surface area is 172 Å². The first kappa shape index (κ1) is 17.6. The molecule has 4 nitrogen and oxygen atoms in total. The second kappa shape index (κ2) is 7.18. The topological polar surface area (TPSA) is 42.7 Å². The number of nitrogens with one attached hydrogen (secondary N) is 1. The lowest BCUT2D eigenvalue weighted by Gasteiger charge is -2.25. The number of hydrogen-bond donors (Lipinski definition) is 1. The molecule has 3 aromatic carbocycles. The van der Waals surface area contributed by atoms with Gasteiger partial charge in [-0.15, -0.1) is 0 Å². The van der Waals surface area contributed by atoms with E-state index in [2.05, 4.69) is 39.7 Å². The van der Waals surface area contributed by atoms with Gasteiger partial charge < -0.3 is 5.32 Å². The quantitative estimate of drug-likeness (QED) is 0.471. The molecule has 29 heavy (non-hydrogen) atoms. The summed E-state index contributed by atoms with van der Waals surface area (Å²) < 4.78 is 16.2. The highest BCUT2D eigenvalue weighted by molar-refractivity contribution is 6.31. The largest absolute Gasteiger partial charge is 0.324 e. The molecule has 1 atom stereocenters. The molecule has 0 saturated heterocycles. The van der Waals surface area contributed by atoms with Gasteiger partial charge in [0, 0.05) is 16.3 Å². The number of aromatic nitrogens is 3. The molecule has 0 unspecified atom stereocenters. The Morgan fingerprint density at radius 3 is 2.34 bits per heavy atom. The van der Waals surface area contributed by atoms with Gasteiger partial charge in [-0.1, -0.05) is 72.3 Å². The monoisotopic (exact) mass is 402 g/mol. The molecule has 0 aliphatic carbocycles. The molecule has 0 amide bonds. The van der Waals surface area contributed by atoms with Crippen LogP contribution in [0.3, 0.4) is 0 Å².